The third-order valence-corrected chi connectivity index (χ3v) is 1.83. The number of rotatable bonds is 1. The van der Waals surface area contributed by atoms with Gasteiger partial charge in [0.1, 0.15) is 6.10 Å². The molecule has 66 valence electrons. The first-order chi connectivity index (χ1) is 5.55. The molecule has 0 N–H and O–H groups in total. The third-order valence-electron chi connectivity index (χ3n) is 1.83. The molecular weight excluding hydrogens is 152 g/mol. The lowest BCUT2D eigenvalue weighted by Crippen LogP contribution is -2.21. The number of hydrogen-bond donors (Lipinski definition) is 0. The van der Waals surface area contributed by atoms with Gasteiger partial charge < -0.3 is 9.47 Å². The second-order valence-corrected chi connectivity index (χ2v) is 3.37. The topological polar surface area (TPSA) is 18.5 Å². The minimum atomic E-state index is -0.464. The molecule has 0 radical (unpaired) electrons. The van der Waals surface area contributed by atoms with Gasteiger partial charge in [0, 0.05) is 0 Å². The van der Waals surface area contributed by atoms with Crippen LogP contribution in [0.1, 0.15) is 20.8 Å². The lowest BCUT2D eigenvalue weighted by Gasteiger charge is -2.16. The lowest BCUT2D eigenvalue weighted by atomic mass is 10.2. The fourth-order valence-electron chi connectivity index (χ4n) is 1.14. The summed E-state index contributed by atoms with van der Waals surface area (Å²) >= 11 is 0. The van der Waals surface area contributed by atoms with E-state index in [4.69, 9.17) is 15.9 Å². The number of hydrogen-bond acceptors (Lipinski definition) is 2. The zero-order chi connectivity index (χ0) is 9.19. The Balaban J connectivity index is 2.60. The summed E-state index contributed by atoms with van der Waals surface area (Å²) in [5.74, 6) is 2.01. The van der Waals surface area contributed by atoms with Crippen molar-refractivity contribution in [2.75, 3.05) is 6.61 Å². The van der Waals surface area contributed by atoms with Crippen LogP contribution in [-0.4, -0.2) is 18.5 Å². The Kier molecular flexibility index (Phi) is 2.56. The van der Waals surface area contributed by atoms with Gasteiger partial charge in [0.2, 0.25) is 0 Å². The van der Waals surface area contributed by atoms with Crippen LogP contribution in [0.3, 0.4) is 0 Å². The molecule has 1 aliphatic heterocycles. The molecule has 0 aromatic heterocycles. The second kappa shape index (κ2) is 3.30. The fraction of sp³-hybridized carbons (Fsp3) is 0.600. The van der Waals surface area contributed by atoms with Gasteiger partial charge in [0.15, 0.2) is 5.79 Å². The van der Waals surface area contributed by atoms with E-state index < -0.39 is 5.79 Å². The maximum Gasteiger partial charge on any atom is 0.163 e. The molecule has 1 heterocycles. The summed E-state index contributed by atoms with van der Waals surface area (Å²) in [6, 6.07) is 0. The first-order valence-electron chi connectivity index (χ1n) is 4.00. The smallest absolute Gasteiger partial charge is 0.163 e. The highest BCUT2D eigenvalue weighted by molar-refractivity contribution is 5.19. The molecule has 1 rings (SSSR count). The van der Waals surface area contributed by atoms with Crippen LogP contribution < -0.4 is 0 Å². The van der Waals surface area contributed by atoms with Crippen LogP contribution in [0.15, 0.2) is 11.6 Å². The first kappa shape index (κ1) is 9.31. The van der Waals surface area contributed by atoms with Crippen molar-refractivity contribution in [1.29, 1.82) is 0 Å². The molecule has 0 saturated carbocycles. The van der Waals surface area contributed by atoms with Gasteiger partial charge in [0.05, 0.1) is 6.61 Å². The Morgan fingerprint density at radius 1 is 1.67 bits per heavy atom. The summed E-state index contributed by atoms with van der Waals surface area (Å²) in [5.41, 5.74) is 1.04. The van der Waals surface area contributed by atoms with Gasteiger partial charge in [-0.1, -0.05) is 5.92 Å². The van der Waals surface area contributed by atoms with E-state index in [1.165, 1.54) is 0 Å². The normalized spacial score (nSPS) is 28.5. The van der Waals surface area contributed by atoms with Crippen LogP contribution in [0.5, 0.6) is 0 Å². The van der Waals surface area contributed by atoms with E-state index in [-0.39, 0.29) is 6.10 Å². The molecule has 2 nitrogen and oxygen atoms in total. The maximum absolute atomic E-state index is 5.58. The van der Waals surface area contributed by atoms with Gasteiger partial charge in [0.25, 0.3) is 0 Å². The summed E-state index contributed by atoms with van der Waals surface area (Å²) in [7, 11) is 0. The van der Waals surface area contributed by atoms with Crippen LogP contribution in [0.25, 0.3) is 0 Å². The molecule has 12 heavy (non-hydrogen) atoms. The van der Waals surface area contributed by atoms with Crippen molar-refractivity contribution < 1.29 is 9.47 Å². The predicted octanol–water partition coefficient (Wildman–Crippen LogP) is 1.72. The van der Waals surface area contributed by atoms with Gasteiger partial charge in [-0.3, -0.25) is 0 Å². The van der Waals surface area contributed by atoms with E-state index >= 15 is 0 Å². The minimum Gasteiger partial charge on any atom is -0.347 e. The van der Waals surface area contributed by atoms with E-state index in [0.717, 1.165) is 5.57 Å². The van der Waals surface area contributed by atoms with E-state index in [9.17, 15) is 0 Å². The Hall–Kier alpha value is -0.780. The van der Waals surface area contributed by atoms with Gasteiger partial charge in [-0.25, -0.2) is 0 Å². The van der Waals surface area contributed by atoms with Crippen molar-refractivity contribution >= 4 is 0 Å². The van der Waals surface area contributed by atoms with Crippen LogP contribution in [0.4, 0.5) is 0 Å². The molecule has 0 amide bonds. The van der Waals surface area contributed by atoms with E-state index in [1.54, 1.807) is 6.08 Å². The van der Waals surface area contributed by atoms with Crippen molar-refractivity contribution in [2.45, 2.75) is 32.7 Å². The highest BCUT2D eigenvalue weighted by atomic mass is 16.7. The monoisotopic (exact) mass is 166 g/mol. The molecule has 0 spiro atoms. The fourth-order valence-corrected chi connectivity index (χ4v) is 1.14. The number of allylic oxidation sites excluding steroid dienone is 1. The van der Waals surface area contributed by atoms with E-state index in [1.807, 2.05) is 20.8 Å². The molecule has 0 unspecified atom stereocenters. The number of terminal acetylenes is 1. The molecule has 0 aromatic rings. The Labute approximate surface area is 73.6 Å². The molecule has 0 bridgehead atoms. The molecule has 1 fully saturated rings. The van der Waals surface area contributed by atoms with Crippen molar-refractivity contribution in [2.24, 2.45) is 0 Å². The minimum absolute atomic E-state index is 0.0241. The number of ether oxygens (including phenoxy) is 2. The van der Waals surface area contributed by atoms with E-state index in [2.05, 4.69) is 5.92 Å². The third kappa shape index (κ3) is 2.10. The average Bonchev–Trinajstić information content (AvgIpc) is 2.31. The molecule has 1 saturated heterocycles. The predicted molar refractivity (Wildman–Crippen MR) is 47.5 cm³/mol. The second-order valence-electron chi connectivity index (χ2n) is 3.37. The maximum atomic E-state index is 5.58. The van der Waals surface area contributed by atoms with Gasteiger partial charge >= 0.3 is 0 Å². The van der Waals surface area contributed by atoms with Gasteiger partial charge in [-0.05, 0) is 32.4 Å². The molecule has 2 heteroatoms. The highest BCUT2D eigenvalue weighted by Crippen LogP contribution is 2.25. The van der Waals surface area contributed by atoms with Crippen molar-refractivity contribution in [3.8, 4) is 12.3 Å². The first-order valence-corrected chi connectivity index (χ1v) is 4.00. The summed E-state index contributed by atoms with van der Waals surface area (Å²) in [6.45, 7) is 6.35. The summed E-state index contributed by atoms with van der Waals surface area (Å²) < 4.78 is 11.0. The lowest BCUT2D eigenvalue weighted by molar-refractivity contribution is -0.134. The van der Waals surface area contributed by atoms with Gasteiger partial charge in [-0.2, -0.15) is 0 Å². The molecule has 1 aliphatic rings. The standard InChI is InChI=1S/C10H14O2/c1-5-6-8(2)9-7-11-10(3,4)12-9/h1,6,9H,7H2,2-4H3/b8-6+/t9-/m1/s1. The Bertz CT molecular complexity index is 233. The Morgan fingerprint density at radius 2 is 2.33 bits per heavy atom. The van der Waals surface area contributed by atoms with Gasteiger partial charge in [-0.15, -0.1) is 6.42 Å². The van der Waals surface area contributed by atoms with Crippen LogP contribution in [-0.2, 0) is 9.47 Å². The SMILES string of the molecule is C#C/C=C(\C)[C@H]1COC(C)(C)O1. The molecule has 0 aliphatic carbocycles. The molecule has 0 aromatic carbocycles. The summed E-state index contributed by atoms with van der Waals surface area (Å²) in [5, 5.41) is 0. The van der Waals surface area contributed by atoms with Crippen LogP contribution in [0.2, 0.25) is 0 Å². The quantitative estimate of drug-likeness (QED) is 0.552. The van der Waals surface area contributed by atoms with Crippen LogP contribution >= 0.6 is 0 Å². The zero-order valence-corrected chi connectivity index (χ0v) is 7.76. The molecular formula is C10H14O2. The average molecular weight is 166 g/mol. The largest absolute Gasteiger partial charge is 0.347 e. The highest BCUT2D eigenvalue weighted by Gasteiger charge is 2.33. The van der Waals surface area contributed by atoms with Crippen molar-refractivity contribution in [3.05, 3.63) is 11.6 Å². The zero-order valence-electron chi connectivity index (χ0n) is 7.76. The summed E-state index contributed by atoms with van der Waals surface area (Å²) in [4.78, 5) is 0. The Morgan fingerprint density at radius 3 is 2.75 bits per heavy atom. The van der Waals surface area contributed by atoms with E-state index in [0.29, 0.717) is 6.61 Å². The van der Waals surface area contributed by atoms with Crippen molar-refractivity contribution in [1.82, 2.24) is 0 Å². The summed E-state index contributed by atoms with van der Waals surface area (Å²) in [6.07, 6.45) is 6.88. The van der Waals surface area contributed by atoms with Crippen molar-refractivity contribution in [3.63, 3.8) is 0 Å². The molecule has 1 atom stereocenters. The van der Waals surface area contributed by atoms with Crippen LogP contribution in [0, 0.1) is 12.3 Å².